The van der Waals surface area contributed by atoms with Crippen molar-refractivity contribution < 1.29 is 4.79 Å². The van der Waals surface area contributed by atoms with E-state index < -0.39 is 0 Å². The third-order valence-electron chi connectivity index (χ3n) is 2.49. The van der Waals surface area contributed by atoms with Crippen LogP contribution >= 0.6 is 12.2 Å². The summed E-state index contributed by atoms with van der Waals surface area (Å²) in [6, 6.07) is 7.49. The molecule has 4 nitrogen and oxygen atoms in total. The smallest absolute Gasteiger partial charge is 0.242 e. The minimum Gasteiger partial charge on any atom is -0.355 e. The zero-order valence-electron chi connectivity index (χ0n) is 10.9. The van der Waals surface area contributed by atoms with Gasteiger partial charge in [-0.2, -0.15) is 0 Å². The third kappa shape index (κ3) is 4.33. The summed E-state index contributed by atoms with van der Waals surface area (Å²) in [7, 11) is 0. The van der Waals surface area contributed by atoms with Crippen LogP contribution in [0.3, 0.4) is 0 Å². The summed E-state index contributed by atoms with van der Waals surface area (Å²) < 4.78 is 0. The summed E-state index contributed by atoms with van der Waals surface area (Å²) >= 11 is 5.17. The van der Waals surface area contributed by atoms with Gasteiger partial charge < -0.3 is 16.0 Å². The van der Waals surface area contributed by atoms with Gasteiger partial charge in [-0.25, -0.2) is 0 Å². The second kappa shape index (κ2) is 6.96. The van der Waals surface area contributed by atoms with Crippen molar-refractivity contribution in [2.24, 2.45) is 0 Å². The fourth-order valence-electron chi connectivity index (χ4n) is 1.46. The number of para-hydroxylation sites is 1. The maximum absolute atomic E-state index is 11.5. The average molecular weight is 265 g/mol. The van der Waals surface area contributed by atoms with Gasteiger partial charge in [0.1, 0.15) is 6.04 Å². The van der Waals surface area contributed by atoms with Gasteiger partial charge in [-0.1, -0.05) is 18.2 Å². The van der Waals surface area contributed by atoms with Crippen LogP contribution in [0.15, 0.2) is 24.3 Å². The van der Waals surface area contributed by atoms with Gasteiger partial charge in [-0.3, -0.25) is 4.79 Å². The lowest BCUT2D eigenvalue weighted by Gasteiger charge is -2.17. The standard InChI is InChI=1S/C13H19N3OS/c1-4-14-12(17)10(3)15-13(18)16-11-8-6-5-7-9(11)2/h5-8,10H,4H2,1-3H3,(H,14,17)(H2,15,16,18)/t10-/m1/s1. The largest absolute Gasteiger partial charge is 0.355 e. The molecule has 0 aliphatic heterocycles. The van der Waals surface area contributed by atoms with Crippen LogP contribution in [0.2, 0.25) is 0 Å². The number of hydrogen-bond acceptors (Lipinski definition) is 2. The van der Waals surface area contributed by atoms with Crippen LogP contribution in [0, 0.1) is 6.92 Å². The van der Waals surface area contributed by atoms with Crippen LogP contribution in [0.5, 0.6) is 0 Å². The van der Waals surface area contributed by atoms with Crippen LogP contribution in [0.1, 0.15) is 19.4 Å². The topological polar surface area (TPSA) is 53.2 Å². The van der Waals surface area contributed by atoms with Crippen molar-refractivity contribution in [1.82, 2.24) is 10.6 Å². The minimum atomic E-state index is -0.353. The molecular formula is C13H19N3OS. The van der Waals surface area contributed by atoms with Gasteiger partial charge in [0.25, 0.3) is 0 Å². The molecule has 1 rings (SSSR count). The molecule has 0 aliphatic rings. The predicted octanol–water partition coefficient (Wildman–Crippen LogP) is 1.81. The number of benzene rings is 1. The fraction of sp³-hybridized carbons (Fsp3) is 0.385. The predicted molar refractivity (Wildman–Crippen MR) is 78.7 cm³/mol. The molecule has 5 heteroatoms. The molecule has 0 bridgehead atoms. The van der Waals surface area contributed by atoms with Crippen LogP contribution in [0.4, 0.5) is 5.69 Å². The SMILES string of the molecule is CCNC(=O)[C@@H](C)NC(=S)Nc1ccccc1C. The number of carbonyl (C=O) groups is 1. The molecular weight excluding hydrogens is 246 g/mol. The molecule has 3 N–H and O–H groups in total. The van der Waals surface area contributed by atoms with Crippen molar-refractivity contribution in [1.29, 1.82) is 0 Å². The summed E-state index contributed by atoms with van der Waals surface area (Å²) in [5.74, 6) is -0.0635. The van der Waals surface area contributed by atoms with Crippen molar-refractivity contribution in [3.63, 3.8) is 0 Å². The fourth-order valence-corrected chi connectivity index (χ4v) is 1.75. The van der Waals surface area contributed by atoms with Crippen molar-refractivity contribution >= 4 is 28.9 Å². The molecule has 98 valence electrons. The molecule has 0 aliphatic carbocycles. The Balaban J connectivity index is 2.52. The summed E-state index contributed by atoms with van der Waals surface area (Å²) in [4.78, 5) is 11.5. The van der Waals surface area contributed by atoms with E-state index >= 15 is 0 Å². The zero-order valence-corrected chi connectivity index (χ0v) is 11.7. The molecule has 1 aromatic carbocycles. The number of likely N-dealkylation sites (N-methyl/N-ethyl adjacent to an activating group) is 1. The Morgan fingerprint density at radius 1 is 1.39 bits per heavy atom. The quantitative estimate of drug-likeness (QED) is 0.727. The van der Waals surface area contributed by atoms with Crippen molar-refractivity contribution in [2.75, 3.05) is 11.9 Å². The summed E-state index contributed by atoms with van der Waals surface area (Å²) in [6.07, 6.45) is 0. The molecule has 0 aromatic heterocycles. The highest BCUT2D eigenvalue weighted by Crippen LogP contribution is 2.12. The lowest BCUT2D eigenvalue weighted by Crippen LogP contribution is -2.46. The van der Waals surface area contributed by atoms with Gasteiger partial charge in [0.05, 0.1) is 0 Å². The van der Waals surface area contributed by atoms with E-state index in [2.05, 4.69) is 16.0 Å². The Kier molecular flexibility index (Phi) is 5.58. The first-order valence-corrected chi connectivity index (χ1v) is 6.36. The molecule has 0 saturated carbocycles. The monoisotopic (exact) mass is 265 g/mol. The van der Waals surface area contributed by atoms with Crippen molar-refractivity contribution in [3.05, 3.63) is 29.8 Å². The van der Waals surface area contributed by atoms with E-state index in [1.165, 1.54) is 0 Å². The van der Waals surface area contributed by atoms with Crippen LogP contribution in [0.25, 0.3) is 0 Å². The molecule has 1 atom stereocenters. The highest BCUT2D eigenvalue weighted by Gasteiger charge is 2.12. The van der Waals surface area contributed by atoms with Crippen LogP contribution in [-0.4, -0.2) is 23.6 Å². The van der Waals surface area contributed by atoms with Crippen LogP contribution < -0.4 is 16.0 Å². The van der Waals surface area contributed by atoms with E-state index in [9.17, 15) is 4.79 Å². The summed E-state index contributed by atoms with van der Waals surface area (Å²) in [6.45, 7) is 6.27. The highest BCUT2D eigenvalue weighted by molar-refractivity contribution is 7.80. The third-order valence-corrected chi connectivity index (χ3v) is 2.71. The number of thiocarbonyl (C=S) groups is 1. The van der Waals surface area contributed by atoms with E-state index in [1.807, 2.05) is 38.1 Å². The molecule has 0 heterocycles. The van der Waals surface area contributed by atoms with Crippen LogP contribution in [-0.2, 0) is 4.79 Å². The van der Waals surface area contributed by atoms with E-state index in [1.54, 1.807) is 6.92 Å². The van der Waals surface area contributed by atoms with Gasteiger partial charge in [0, 0.05) is 12.2 Å². The maximum Gasteiger partial charge on any atom is 0.242 e. The number of rotatable bonds is 4. The Hall–Kier alpha value is -1.62. The van der Waals surface area contributed by atoms with Crippen molar-refractivity contribution in [2.45, 2.75) is 26.8 Å². The number of aryl methyl sites for hydroxylation is 1. The van der Waals surface area contributed by atoms with E-state index in [-0.39, 0.29) is 11.9 Å². The number of hydrogen-bond donors (Lipinski definition) is 3. The minimum absolute atomic E-state index is 0.0635. The molecule has 18 heavy (non-hydrogen) atoms. The molecule has 0 saturated heterocycles. The molecule has 0 radical (unpaired) electrons. The Morgan fingerprint density at radius 3 is 2.67 bits per heavy atom. The summed E-state index contributed by atoms with van der Waals surface area (Å²) in [5.41, 5.74) is 2.05. The zero-order chi connectivity index (χ0) is 13.5. The Bertz CT molecular complexity index is 434. The van der Waals surface area contributed by atoms with Gasteiger partial charge in [0.2, 0.25) is 5.91 Å². The van der Waals surface area contributed by atoms with Crippen molar-refractivity contribution in [3.8, 4) is 0 Å². The molecule has 0 fully saturated rings. The summed E-state index contributed by atoms with van der Waals surface area (Å²) in [5, 5.41) is 9.21. The molecule has 1 aromatic rings. The molecule has 0 spiro atoms. The van der Waals surface area contributed by atoms with E-state index in [4.69, 9.17) is 12.2 Å². The lowest BCUT2D eigenvalue weighted by atomic mass is 10.2. The Labute approximate surface area is 113 Å². The number of nitrogens with one attached hydrogen (secondary N) is 3. The first kappa shape index (κ1) is 14.4. The maximum atomic E-state index is 11.5. The van der Waals surface area contributed by atoms with Gasteiger partial charge in [-0.15, -0.1) is 0 Å². The average Bonchev–Trinajstić information content (AvgIpc) is 2.32. The second-order valence-electron chi connectivity index (χ2n) is 4.03. The first-order valence-electron chi connectivity index (χ1n) is 5.95. The van der Waals surface area contributed by atoms with E-state index in [0.29, 0.717) is 11.7 Å². The number of anilines is 1. The molecule has 1 amide bonds. The van der Waals surface area contributed by atoms with Gasteiger partial charge in [0.15, 0.2) is 5.11 Å². The Morgan fingerprint density at radius 2 is 2.06 bits per heavy atom. The number of carbonyl (C=O) groups excluding carboxylic acids is 1. The van der Waals surface area contributed by atoms with Gasteiger partial charge >= 0.3 is 0 Å². The normalized spacial score (nSPS) is 11.5. The second-order valence-corrected chi connectivity index (χ2v) is 4.44. The van der Waals surface area contributed by atoms with Gasteiger partial charge in [-0.05, 0) is 44.6 Å². The number of amides is 1. The van der Waals surface area contributed by atoms with E-state index in [0.717, 1.165) is 11.3 Å². The lowest BCUT2D eigenvalue weighted by molar-refractivity contribution is -0.122. The first-order chi connectivity index (χ1) is 8.54. The molecule has 0 unspecified atom stereocenters. The highest BCUT2D eigenvalue weighted by atomic mass is 32.1.